The molecule has 0 N–H and O–H groups in total. The van der Waals surface area contributed by atoms with E-state index in [0.29, 0.717) is 4.83 Å². The van der Waals surface area contributed by atoms with Crippen molar-refractivity contribution in [2.45, 2.75) is 30.2 Å². The summed E-state index contributed by atoms with van der Waals surface area (Å²) in [6.07, 6.45) is -0.521. The molecule has 0 bridgehead atoms. The van der Waals surface area contributed by atoms with Gasteiger partial charge in [-0.15, -0.1) is 0 Å². The number of hydrogen-bond acceptors (Lipinski definition) is 1. The number of halogens is 3. The van der Waals surface area contributed by atoms with Gasteiger partial charge in [0.25, 0.3) is 6.43 Å². The summed E-state index contributed by atoms with van der Waals surface area (Å²) in [7, 11) is 0. The lowest BCUT2D eigenvalue weighted by molar-refractivity contribution is -0.0500. The highest BCUT2D eigenvalue weighted by Gasteiger charge is 2.27. The zero-order valence-electron chi connectivity index (χ0n) is 5.40. The van der Waals surface area contributed by atoms with Gasteiger partial charge in [0.1, 0.15) is 6.61 Å². The molecule has 0 aromatic rings. The van der Waals surface area contributed by atoms with E-state index in [1.54, 1.807) is 0 Å². The van der Waals surface area contributed by atoms with Gasteiger partial charge in [-0.05, 0) is 12.8 Å². The van der Waals surface area contributed by atoms with E-state index in [1.165, 1.54) is 0 Å². The lowest BCUT2D eigenvalue weighted by atomic mass is 9.96. The standard InChI is InChI=1S/C6H9BrF2O/c7-4-1-5(2-4)10-3-6(8)9/h4-6H,1-3H2. The van der Waals surface area contributed by atoms with Gasteiger partial charge in [-0.25, -0.2) is 8.78 Å². The predicted octanol–water partition coefficient (Wildman–Crippen LogP) is 2.19. The van der Waals surface area contributed by atoms with Crippen LogP contribution in [0.15, 0.2) is 0 Å². The van der Waals surface area contributed by atoms with Gasteiger partial charge in [0.2, 0.25) is 0 Å². The molecule has 0 aromatic carbocycles. The van der Waals surface area contributed by atoms with Crippen LogP contribution in [0, 0.1) is 0 Å². The van der Waals surface area contributed by atoms with Crippen molar-refractivity contribution in [3.63, 3.8) is 0 Å². The molecule has 4 heteroatoms. The molecule has 1 aliphatic carbocycles. The normalized spacial score (nSPS) is 32.4. The molecule has 0 aromatic heterocycles. The van der Waals surface area contributed by atoms with Crippen LogP contribution in [0.1, 0.15) is 12.8 Å². The number of alkyl halides is 3. The summed E-state index contributed by atoms with van der Waals surface area (Å²) in [5.74, 6) is 0. The average Bonchev–Trinajstić information content (AvgIpc) is 1.77. The fourth-order valence-corrected chi connectivity index (χ4v) is 1.68. The predicted molar refractivity (Wildman–Crippen MR) is 37.7 cm³/mol. The second-order valence-corrected chi connectivity index (χ2v) is 3.71. The maximum atomic E-state index is 11.5. The van der Waals surface area contributed by atoms with Gasteiger partial charge in [-0.1, -0.05) is 15.9 Å². The molecule has 60 valence electrons. The first-order valence-electron chi connectivity index (χ1n) is 3.22. The van der Waals surface area contributed by atoms with E-state index in [4.69, 9.17) is 4.74 Å². The fraction of sp³-hybridized carbons (Fsp3) is 1.00. The Hall–Kier alpha value is 0.300. The van der Waals surface area contributed by atoms with Crippen LogP contribution in [0.3, 0.4) is 0 Å². The summed E-state index contributed by atoms with van der Waals surface area (Å²) in [6, 6.07) is 0. The van der Waals surface area contributed by atoms with Crippen LogP contribution in [0.25, 0.3) is 0 Å². The van der Waals surface area contributed by atoms with Crippen molar-refractivity contribution in [3.8, 4) is 0 Å². The second kappa shape index (κ2) is 3.62. The molecule has 0 saturated heterocycles. The topological polar surface area (TPSA) is 9.23 Å². The van der Waals surface area contributed by atoms with E-state index in [1.807, 2.05) is 0 Å². The molecule has 0 heterocycles. The van der Waals surface area contributed by atoms with Gasteiger partial charge >= 0.3 is 0 Å². The lowest BCUT2D eigenvalue weighted by Gasteiger charge is -2.30. The zero-order chi connectivity index (χ0) is 7.56. The Labute approximate surface area is 66.9 Å². The van der Waals surface area contributed by atoms with Crippen LogP contribution < -0.4 is 0 Å². The summed E-state index contributed by atoms with van der Waals surface area (Å²) in [5.41, 5.74) is 0. The summed E-state index contributed by atoms with van der Waals surface area (Å²) in [5, 5.41) is 0. The van der Waals surface area contributed by atoms with Crippen LogP contribution >= 0.6 is 15.9 Å². The van der Waals surface area contributed by atoms with Crippen molar-refractivity contribution >= 4 is 15.9 Å². The molecule has 0 aliphatic heterocycles. The Morgan fingerprint density at radius 3 is 2.50 bits per heavy atom. The number of ether oxygens (including phenoxy) is 1. The fourth-order valence-electron chi connectivity index (χ4n) is 0.846. The first-order valence-corrected chi connectivity index (χ1v) is 4.14. The van der Waals surface area contributed by atoms with Gasteiger partial charge < -0.3 is 4.74 Å². The van der Waals surface area contributed by atoms with Crippen molar-refractivity contribution < 1.29 is 13.5 Å². The van der Waals surface area contributed by atoms with E-state index in [-0.39, 0.29) is 6.10 Å². The first-order chi connectivity index (χ1) is 4.68. The average molecular weight is 215 g/mol. The minimum atomic E-state index is -2.32. The zero-order valence-corrected chi connectivity index (χ0v) is 6.98. The summed E-state index contributed by atoms with van der Waals surface area (Å²) in [4.78, 5) is 0.482. The second-order valence-electron chi connectivity index (χ2n) is 2.42. The van der Waals surface area contributed by atoms with Gasteiger partial charge in [-0.3, -0.25) is 0 Å². The van der Waals surface area contributed by atoms with Crippen LogP contribution in [0.2, 0.25) is 0 Å². The number of rotatable bonds is 3. The van der Waals surface area contributed by atoms with Crippen LogP contribution in [0.5, 0.6) is 0 Å². The molecule has 1 fully saturated rings. The molecule has 1 aliphatic rings. The molecule has 0 atom stereocenters. The smallest absolute Gasteiger partial charge is 0.261 e. The van der Waals surface area contributed by atoms with Gasteiger partial charge in [0.15, 0.2) is 0 Å². The largest absolute Gasteiger partial charge is 0.372 e. The molecule has 10 heavy (non-hydrogen) atoms. The lowest BCUT2D eigenvalue weighted by Crippen LogP contribution is -2.32. The van der Waals surface area contributed by atoms with Crippen molar-refractivity contribution in [1.29, 1.82) is 0 Å². The Morgan fingerprint density at radius 1 is 1.50 bits per heavy atom. The van der Waals surface area contributed by atoms with E-state index >= 15 is 0 Å². The highest BCUT2D eigenvalue weighted by molar-refractivity contribution is 9.09. The van der Waals surface area contributed by atoms with Crippen LogP contribution in [-0.4, -0.2) is 24.0 Å². The van der Waals surface area contributed by atoms with Crippen molar-refractivity contribution in [1.82, 2.24) is 0 Å². The molecular weight excluding hydrogens is 206 g/mol. The van der Waals surface area contributed by atoms with Gasteiger partial charge in [0.05, 0.1) is 6.10 Å². The van der Waals surface area contributed by atoms with Crippen LogP contribution in [0.4, 0.5) is 8.78 Å². The Balaban J connectivity index is 1.95. The van der Waals surface area contributed by atoms with Gasteiger partial charge in [0, 0.05) is 4.83 Å². The molecule has 0 radical (unpaired) electrons. The maximum absolute atomic E-state index is 11.5. The first kappa shape index (κ1) is 8.40. The minimum Gasteiger partial charge on any atom is -0.372 e. The number of hydrogen-bond donors (Lipinski definition) is 0. The SMILES string of the molecule is FC(F)COC1CC(Br)C1. The maximum Gasteiger partial charge on any atom is 0.261 e. The van der Waals surface area contributed by atoms with Gasteiger partial charge in [-0.2, -0.15) is 0 Å². The summed E-state index contributed by atoms with van der Waals surface area (Å²) in [6.45, 7) is -0.412. The van der Waals surface area contributed by atoms with E-state index in [2.05, 4.69) is 15.9 Å². The molecular formula is C6H9BrF2O. The quantitative estimate of drug-likeness (QED) is 0.655. The van der Waals surface area contributed by atoms with Crippen molar-refractivity contribution in [2.24, 2.45) is 0 Å². The summed E-state index contributed by atoms with van der Waals surface area (Å²) >= 11 is 3.34. The molecule has 1 rings (SSSR count). The van der Waals surface area contributed by atoms with Crippen LogP contribution in [-0.2, 0) is 4.74 Å². The third kappa shape index (κ3) is 2.50. The Bertz CT molecular complexity index is 104. The Morgan fingerprint density at radius 2 is 2.10 bits per heavy atom. The molecule has 0 spiro atoms. The van der Waals surface area contributed by atoms with Crippen molar-refractivity contribution in [3.05, 3.63) is 0 Å². The molecule has 0 unspecified atom stereocenters. The van der Waals surface area contributed by atoms with E-state index < -0.39 is 13.0 Å². The third-order valence-corrected chi connectivity index (χ3v) is 2.24. The third-order valence-electron chi connectivity index (χ3n) is 1.50. The van der Waals surface area contributed by atoms with Crippen molar-refractivity contribution in [2.75, 3.05) is 6.61 Å². The molecule has 1 saturated carbocycles. The molecule has 1 nitrogen and oxygen atoms in total. The minimum absolute atomic E-state index is 0.0679. The summed E-state index contributed by atoms with van der Waals surface area (Å²) < 4.78 is 27.9. The molecule has 0 amide bonds. The Kier molecular flexibility index (Phi) is 3.04. The monoisotopic (exact) mass is 214 g/mol. The van der Waals surface area contributed by atoms with E-state index in [9.17, 15) is 8.78 Å². The van der Waals surface area contributed by atoms with E-state index in [0.717, 1.165) is 12.8 Å². The highest BCUT2D eigenvalue weighted by atomic mass is 79.9. The highest BCUT2D eigenvalue weighted by Crippen LogP contribution is 2.29.